The molecule has 0 spiro atoms. The first kappa shape index (κ1) is 17.5. The van der Waals surface area contributed by atoms with Gasteiger partial charge in [0.15, 0.2) is 6.61 Å². The topological polar surface area (TPSA) is 64.4 Å². The third kappa shape index (κ3) is 5.11. The van der Waals surface area contributed by atoms with E-state index < -0.39 is 24.9 Å². The van der Waals surface area contributed by atoms with Crippen LogP contribution < -0.4 is 10.1 Å². The van der Waals surface area contributed by atoms with Crippen LogP contribution in [0.1, 0.15) is 5.76 Å². The molecule has 1 N–H and O–H groups in total. The van der Waals surface area contributed by atoms with E-state index in [1.165, 1.54) is 30.5 Å². The van der Waals surface area contributed by atoms with Crippen molar-refractivity contribution in [2.75, 3.05) is 11.9 Å². The van der Waals surface area contributed by atoms with Crippen LogP contribution in [0.2, 0.25) is 0 Å². The Morgan fingerprint density at radius 3 is 2.75 bits per heavy atom. The minimum absolute atomic E-state index is 0.264. The Morgan fingerprint density at radius 2 is 2.17 bits per heavy atom. The van der Waals surface area contributed by atoms with Crippen molar-refractivity contribution in [2.24, 2.45) is 0 Å². The highest BCUT2D eigenvalue weighted by atomic mass is 19.3. The zero-order chi connectivity index (χ0) is 17.6. The molecule has 2 heterocycles. The van der Waals surface area contributed by atoms with Crippen molar-refractivity contribution in [3.63, 3.8) is 0 Å². The third-order valence-electron chi connectivity index (χ3n) is 2.68. The van der Waals surface area contributed by atoms with E-state index in [-0.39, 0.29) is 11.6 Å². The molecule has 0 fully saturated rings. The van der Waals surface area contributed by atoms with Crippen LogP contribution in [0.25, 0.3) is 6.08 Å². The first-order valence-electron chi connectivity index (χ1n) is 6.64. The summed E-state index contributed by atoms with van der Waals surface area (Å²) >= 11 is 0. The molecule has 2 aromatic rings. The van der Waals surface area contributed by atoms with Gasteiger partial charge in [0.1, 0.15) is 5.76 Å². The number of amides is 1. The van der Waals surface area contributed by atoms with Crippen LogP contribution in [0.4, 0.5) is 23.2 Å². The van der Waals surface area contributed by atoms with E-state index in [1.807, 2.05) is 0 Å². The number of alkyl halides is 4. The highest BCUT2D eigenvalue weighted by molar-refractivity contribution is 6.01. The van der Waals surface area contributed by atoms with Gasteiger partial charge in [0.05, 0.1) is 18.1 Å². The van der Waals surface area contributed by atoms with E-state index in [0.29, 0.717) is 5.76 Å². The molecular weight excluding hydrogens is 332 g/mol. The monoisotopic (exact) mass is 344 g/mol. The van der Waals surface area contributed by atoms with Gasteiger partial charge in [0.25, 0.3) is 0 Å². The average molecular weight is 344 g/mol. The van der Waals surface area contributed by atoms with E-state index in [9.17, 15) is 22.4 Å². The van der Waals surface area contributed by atoms with Crippen molar-refractivity contribution in [2.45, 2.75) is 12.3 Å². The summed E-state index contributed by atoms with van der Waals surface area (Å²) in [5.41, 5.74) is 0.275. The molecule has 2 aromatic heterocycles. The van der Waals surface area contributed by atoms with Gasteiger partial charge in [-0.2, -0.15) is 8.78 Å². The fourth-order valence-corrected chi connectivity index (χ4v) is 1.50. The molecule has 0 aliphatic rings. The SMILES string of the molecule is O=C(C=Cc1ccco1)Nc1ccc(OCC(F)(F)C(F)F)nc1. The van der Waals surface area contributed by atoms with Gasteiger partial charge >= 0.3 is 12.3 Å². The predicted octanol–water partition coefficient (Wildman–Crippen LogP) is 3.61. The second-order valence-electron chi connectivity index (χ2n) is 4.57. The number of rotatable bonds is 7. The maximum atomic E-state index is 12.7. The van der Waals surface area contributed by atoms with Gasteiger partial charge in [-0.1, -0.05) is 0 Å². The molecule has 0 aliphatic carbocycles. The van der Waals surface area contributed by atoms with E-state index in [1.54, 1.807) is 12.1 Å². The standard InChI is InChI=1S/C15H12F4N2O3/c16-14(17)15(18,19)9-24-13-6-3-10(8-20-13)21-12(22)5-4-11-2-1-7-23-11/h1-8,14H,9H2,(H,21,22). The molecule has 0 atom stereocenters. The fraction of sp³-hybridized carbons (Fsp3) is 0.200. The number of halogens is 4. The number of nitrogens with one attached hydrogen (secondary N) is 1. The first-order valence-corrected chi connectivity index (χ1v) is 6.64. The lowest BCUT2D eigenvalue weighted by molar-refractivity contribution is -0.148. The fourth-order valence-electron chi connectivity index (χ4n) is 1.50. The van der Waals surface area contributed by atoms with Crippen molar-refractivity contribution >= 4 is 17.7 Å². The number of furan rings is 1. The van der Waals surface area contributed by atoms with Crippen LogP contribution in [0.5, 0.6) is 5.88 Å². The summed E-state index contributed by atoms with van der Waals surface area (Å²) in [4.78, 5) is 15.3. The van der Waals surface area contributed by atoms with Crippen LogP contribution in [-0.2, 0) is 4.79 Å². The molecule has 0 saturated heterocycles. The van der Waals surface area contributed by atoms with Crippen molar-refractivity contribution < 1.29 is 31.5 Å². The molecule has 0 unspecified atom stereocenters. The first-order chi connectivity index (χ1) is 11.4. The molecule has 0 aromatic carbocycles. The van der Waals surface area contributed by atoms with Crippen LogP contribution in [0.15, 0.2) is 47.2 Å². The van der Waals surface area contributed by atoms with Crippen LogP contribution in [0.3, 0.4) is 0 Å². The minimum atomic E-state index is -4.26. The Labute approximate surface area is 133 Å². The summed E-state index contributed by atoms with van der Waals surface area (Å²) in [6.07, 6.45) is 1.46. The maximum Gasteiger partial charge on any atom is 0.340 e. The predicted molar refractivity (Wildman–Crippen MR) is 77.1 cm³/mol. The largest absolute Gasteiger partial charge is 0.471 e. The summed E-state index contributed by atoms with van der Waals surface area (Å²) in [6.45, 7) is -1.49. The Bertz CT molecular complexity index is 685. The molecule has 0 bridgehead atoms. The summed E-state index contributed by atoms with van der Waals surface area (Å²) in [7, 11) is 0. The zero-order valence-corrected chi connectivity index (χ0v) is 12.1. The number of nitrogens with zero attached hydrogens (tertiary/aromatic N) is 1. The van der Waals surface area contributed by atoms with Crippen molar-refractivity contribution in [1.29, 1.82) is 0 Å². The number of anilines is 1. The van der Waals surface area contributed by atoms with Gasteiger partial charge in [-0.25, -0.2) is 13.8 Å². The van der Waals surface area contributed by atoms with E-state index in [2.05, 4.69) is 15.0 Å². The zero-order valence-electron chi connectivity index (χ0n) is 12.1. The molecule has 24 heavy (non-hydrogen) atoms. The van der Waals surface area contributed by atoms with Crippen LogP contribution in [-0.4, -0.2) is 29.8 Å². The molecule has 5 nitrogen and oxygen atoms in total. The lowest BCUT2D eigenvalue weighted by atomic mass is 10.3. The molecule has 0 saturated carbocycles. The summed E-state index contributed by atoms with van der Waals surface area (Å²) in [5.74, 6) is -4.50. The number of hydrogen-bond acceptors (Lipinski definition) is 4. The van der Waals surface area contributed by atoms with Gasteiger partial charge in [-0.3, -0.25) is 4.79 Å². The Morgan fingerprint density at radius 1 is 1.38 bits per heavy atom. The van der Waals surface area contributed by atoms with Crippen molar-refractivity contribution in [3.8, 4) is 5.88 Å². The molecule has 2 rings (SSSR count). The molecular formula is C15H12F4N2O3. The van der Waals surface area contributed by atoms with Gasteiger partial charge < -0.3 is 14.5 Å². The highest BCUT2D eigenvalue weighted by Gasteiger charge is 2.41. The maximum absolute atomic E-state index is 12.7. The highest BCUT2D eigenvalue weighted by Crippen LogP contribution is 2.24. The number of pyridine rings is 1. The van der Waals surface area contributed by atoms with Gasteiger partial charge in [-0.15, -0.1) is 0 Å². The number of carbonyl (C=O) groups is 1. The molecule has 0 aliphatic heterocycles. The number of aromatic nitrogens is 1. The van der Waals surface area contributed by atoms with Crippen LogP contribution >= 0.6 is 0 Å². The normalized spacial score (nSPS) is 11.9. The Kier molecular flexibility index (Phi) is 5.56. The lowest BCUT2D eigenvalue weighted by Crippen LogP contribution is -2.33. The summed E-state index contributed by atoms with van der Waals surface area (Å²) < 4.78 is 58.9. The number of hydrogen-bond donors (Lipinski definition) is 1. The molecule has 1 amide bonds. The molecule has 128 valence electrons. The quantitative estimate of drug-likeness (QED) is 0.616. The van der Waals surface area contributed by atoms with E-state index in [4.69, 9.17) is 4.42 Å². The smallest absolute Gasteiger partial charge is 0.340 e. The number of ether oxygens (including phenoxy) is 1. The average Bonchev–Trinajstić information content (AvgIpc) is 3.06. The Balaban J connectivity index is 1.86. The van der Waals surface area contributed by atoms with Gasteiger partial charge in [-0.05, 0) is 24.3 Å². The summed E-state index contributed by atoms with van der Waals surface area (Å²) in [5, 5.41) is 2.47. The minimum Gasteiger partial charge on any atom is -0.471 e. The van der Waals surface area contributed by atoms with Crippen molar-refractivity contribution in [3.05, 3.63) is 48.6 Å². The second kappa shape index (κ2) is 7.62. The van der Waals surface area contributed by atoms with Crippen LogP contribution in [0, 0.1) is 0 Å². The van der Waals surface area contributed by atoms with Crippen molar-refractivity contribution in [1.82, 2.24) is 4.98 Å². The third-order valence-corrected chi connectivity index (χ3v) is 2.68. The van der Waals surface area contributed by atoms with Gasteiger partial charge in [0.2, 0.25) is 11.8 Å². The van der Waals surface area contributed by atoms with Gasteiger partial charge in [0, 0.05) is 12.1 Å². The second-order valence-corrected chi connectivity index (χ2v) is 4.57. The van der Waals surface area contributed by atoms with E-state index in [0.717, 1.165) is 6.20 Å². The Hall–Kier alpha value is -2.84. The molecule has 0 radical (unpaired) electrons. The number of carbonyl (C=O) groups excluding carboxylic acids is 1. The summed E-state index contributed by atoms with van der Waals surface area (Å²) in [6, 6.07) is 5.83. The lowest BCUT2D eigenvalue weighted by Gasteiger charge is -2.15. The van der Waals surface area contributed by atoms with E-state index >= 15 is 0 Å². The molecule has 9 heteroatoms.